The highest BCUT2D eigenvalue weighted by molar-refractivity contribution is 7.69. The lowest BCUT2D eigenvalue weighted by Crippen LogP contribution is -1.79. The van der Waals surface area contributed by atoms with Crippen molar-refractivity contribution in [2.75, 3.05) is 25.7 Å². The van der Waals surface area contributed by atoms with Crippen LogP contribution in [0.1, 0.15) is 0 Å². The van der Waals surface area contributed by atoms with Crippen LogP contribution >= 0.6 is 27.1 Å². The standard InChI is InChI=1S/C4H11ClP2/c1-7(2)4-3-6-5/h6H,3-4H2,1-2H3. The van der Waals surface area contributed by atoms with Gasteiger partial charge in [-0.05, 0) is 33.6 Å². The first kappa shape index (κ1) is 8.15. The number of hydrogen-bond donors (Lipinski definition) is 0. The van der Waals surface area contributed by atoms with Crippen molar-refractivity contribution in [3.63, 3.8) is 0 Å². The molecule has 0 nitrogen and oxygen atoms in total. The van der Waals surface area contributed by atoms with Crippen LogP contribution in [0.25, 0.3) is 0 Å². The summed E-state index contributed by atoms with van der Waals surface area (Å²) in [6.07, 6.45) is 2.57. The predicted octanol–water partition coefficient (Wildman–Crippen LogP) is 2.56. The van der Waals surface area contributed by atoms with Gasteiger partial charge in [0.05, 0.1) is 0 Å². The lowest BCUT2D eigenvalue weighted by molar-refractivity contribution is 1.52. The molecular formula is C4H11ClP2. The minimum atomic E-state index is 0.316. The maximum atomic E-state index is 5.48. The normalized spacial score (nSPS) is 12.0. The average molecular weight is 157 g/mol. The molecule has 0 aliphatic carbocycles. The summed E-state index contributed by atoms with van der Waals surface area (Å²) in [6.45, 7) is 4.57. The highest BCUT2D eigenvalue weighted by Gasteiger charge is 1.88. The molecule has 0 saturated heterocycles. The molecule has 0 rings (SSSR count). The van der Waals surface area contributed by atoms with Crippen molar-refractivity contribution in [1.82, 2.24) is 0 Å². The zero-order valence-corrected chi connectivity index (χ0v) is 7.39. The van der Waals surface area contributed by atoms with Crippen LogP contribution in [0, 0.1) is 0 Å². The highest BCUT2D eigenvalue weighted by Crippen LogP contribution is 2.28. The molecule has 3 heteroatoms. The van der Waals surface area contributed by atoms with E-state index in [1.54, 1.807) is 0 Å². The van der Waals surface area contributed by atoms with Crippen molar-refractivity contribution < 1.29 is 0 Å². The average Bonchev–Trinajstić information content (AvgIpc) is 1.61. The van der Waals surface area contributed by atoms with Crippen LogP contribution in [0.3, 0.4) is 0 Å². The number of hydrogen-bond acceptors (Lipinski definition) is 0. The van der Waals surface area contributed by atoms with Crippen molar-refractivity contribution >= 4 is 27.1 Å². The van der Waals surface area contributed by atoms with Crippen LogP contribution in [0.5, 0.6) is 0 Å². The smallest absolute Gasteiger partial charge is 0.0175 e. The quantitative estimate of drug-likeness (QED) is 0.551. The Hall–Kier alpha value is 1.15. The molecule has 0 spiro atoms. The Morgan fingerprint density at radius 2 is 2.14 bits per heavy atom. The Kier molecular flexibility index (Phi) is 6.16. The van der Waals surface area contributed by atoms with Gasteiger partial charge in [-0.3, -0.25) is 0 Å². The van der Waals surface area contributed by atoms with Gasteiger partial charge >= 0.3 is 0 Å². The zero-order valence-electron chi connectivity index (χ0n) is 4.74. The van der Waals surface area contributed by atoms with Crippen molar-refractivity contribution in [2.45, 2.75) is 0 Å². The fraction of sp³-hybridized carbons (Fsp3) is 1.00. The monoisotopic (exact) mass is 156 g/mol. The molecule has 7 heavy (non-hydrogen) atoms. The van der Waals surface area contributed by atoms with Crippen LogP contribution in [-0.4, -0.2) is 25.7 Å². The second-order valence-corrected chi connectivity index (χ2v) is 5.86. The van der Waals surface area contributed by atoms with Crippen molar-refractivity contribution in [3.8, 4) is 0 Å². The minimum absolute atomic E-state index is 0.316. The van der Waals surface area contributed by atoms with Crippen LogP contribution < -0.4 is 0 Å². The molecule has 0 aromatic rings. The van der Waals surface area contributed by atoms with Gasteiger partial charge in [-0.1, -0.05) is 0 Å². The molecule has 0 bridgehead atoms. The molecule has 0 aromatic carbocycles. The van der Waals surface area contributed by atoms with Crippen molar-refractivity contribution in [1.29, 1.82) is 0 Å². The van der Waals surface area contributed by atoms with E-state index in [1.165, 1.54) is 12.3 Å². The van der Waals surface area contributed by atoms with E-state index in [0.717, 1.165) is 0 Å². The Bertz CT molecular complexity index is 38.7. The van der Waals surface area contributed by atoms with E-state index in [-0.39, 0.29) is 0 Å². The van der Waals surface area contributed by atoms with E-state index >= 15 is 0 Å². The van der Waals surface area contributed by atoms with E-state index < -0.39 is 0 Å². The van der Waals surface area contributed by atoms with E-state index in [4.69, 9.17) is 11.2 Å². The summed E-state index contributed by atoms with van der Waals surface area (Å²) >= 11 is 5.48. The van der Waals surface area contributed by atoms with Gasteiger partial charge in [-0.25, -0.2) is 0 Å². The summed E-state index contributed by atoms with van der Waals surface area (Å²) in [5, 5.41) is 0. The largest absolute Gasteiger partial charge is 0.113 e. The molecule has 0 N–H and O–H groups in total. The molecule has 0 radical (unpaired) electrons. The molecule has 0 aromatic heterocycles. The minimum Gasteiger partial charge on any atom is -0.113 e. The third-order valence-electron chi connectivity index (χ3n) is 0.654. The summed E-state index contributed by atoms with van der Waals surface area (Å²) in [5.41, 5.74) is 0. The molecular weight excluding hydrogens is 145 g/mol. The third-order valence-corrected chi connectivity index (χ3v) is 3.20. The molecule has 1 atom stereocenters. The molecule has 0 saturated carbocycles. The zero-order chi connectivity index (χ0) is 5.70. The summed E-state index contributed by atoms with van der Waals surface area (Å²) in [5.74, 6) is 0. The summed E-state index contributed by atoms with van der Waals surface area (Å²) in [6, 6.07) is 0. The van der Waals surface area contributed by atoms with Gasteiger partial charge in [-0.2, -0.15) is 0 Å². The molecule has 0 amide bonds. The van der Waals surface area contributed by atoms with Crippen LogP contribution in [-0.2, 0) is 0 Å². The fourth-order valence-corrected chi connectivity index (χ4v) is 3.15. The second kappa shape index (κ2) is 5.29. The van der Waals surface area contributed by atoms with Crippen LogP contribution in [0.15, 0.2) is 0 Å². The van der Waals surface area contributed by atoms with E-state index in [9.17, 15) is 0 Å². The van der Waals surface area contributed by atoms with Crippen molar-refractivity contribution in [2.24, 2.45) is 0 Å². The first-order chi connectivity index (χ1) is 3.27. The van der Waals surface area contributed by atoms with Gasteiger partial charge in [0.1, 0.15) is 0 Å². The SMILES string of the molecule is CP(C)CCPCl. The molecule has 0 aliphatic heterocycles. The maximum Gasteiger partial charge on any atom is -0.0175 e. The summed E-state index contributed by atoms with van der Waals surface area (Å²) in [4.78, 5) is 0. The molecule has 1 unspecified atom stereocenters. The Morgan fingerprint density at radius 1 is 1.57 bits per heavy atom. The molecule has 44 valence electrons. The topological polar surface area (TPSA) is 0 Å². The number of halogens is 1. The Morgan fingerprint density at radius 3 is 2.29 bits per heavy atom. The van der Waals surface area contributed by atoms with Gasteiger partial charge in [0, 0.05) is 0 Å². The first-order valence-electron chi connectivity index (χ1n) is 2.25. The Balaban J connectivity index is 2.68. The van der Waals surface area contributed by atoms with Crippen molar-refractivity contribution in [3.05, 3.63) is 0 Å². The predicted molar refractivity (Wildman–Crippen MR) is 42.7 cm³/mol. The summed E-state index contributed by atoms with van der Waals surface area (Å²) < 4.78 is 0. The lowest BCUT2D eigenvalue weighted by atomic mass is 11.0. The Labute approximate surface area is 53.3 Å². The summed E-state index contributed by atoms with van der Waals surface area (Å²) in [7, 11) is 0.955. The van der Waals surface area contributed by atoms with Gasteiger partial charge in [0.15, 0.2) is 0 Å². The maximum absolute atomic E-state index is 5.48. The second-order valence-electron chi connectivity index (χ2n) is 1.69. The van der Waals surface area contributed by atoms with E-state index in [0.29, 0.717) is 15.9 Å². The van der Waals surface area contributed by atoms with Gasteiger partial charge in [0.25, 0.3) is 0 Å². The van der Waals surface area contributed by atoms with Crippen LogP contribution in [0.2, 0.25) is 0 Å². The molecule has 0 heterocycles. The van der Waals surface area contributed by atoms with E-state index in [1.807, 2.05) is 0 Å². The third kappa shape index (κ3) is 7.15. The van der Waals surface area contributed by atoms with Gasteiger partial charge in [-0.15, -0.1) is 19.2 Å². The number of rotatable bonds is 3. The van der Waals surface area contributed by atoms with E-state index in [2.05, 4.69) is 13.3 Å². The highest BCUT2D eigenvalue weighted by atomic mass is 35.7. The molecule has 0 fully saturated rings. The first-order valence-corrected chi connectivity index (χ1v) is 6.89. The molecule has 0 aliphatic rings. The van der Waals surface area contributed by atoms with Gasteiger partial charge in [0.2, 0.25) is 0 Å². The van der Waals surface area contributed by atoms with Crippen LogP contribution in [0.4, 0.5) is 0 Å². The van der Waals surface area contributed by atoms with Gasteiger partial charge < -0.3 is 0 Å². The lowest BCUT2D eigenvalue weighted by Gasteiger charge is -1.99. The fourth-order valence-electron chi connectivity index (χ4n) is 0.266.